The lowest BCUT2D eigenvalue weighted by atomic mass is 10.1. The van der Waals surface area contributed by atoms with Gasteiger partial charge in [-0.3, -0.25) is 0 Å². The molecule has 0 amide bonds. The third-order valence-corrected chi connectivity index (χ3v) is 5.29. The molecule has 0 aliphatic heterocycles. The summed E-state index contributed by atoms with van der Waals surface area (Å²) in [6, 6.07) is 30.9. The number of hydrogen-bond acceptors (Lipinski definition) is 2. The molecule has 134 valence electrons. The second kappa shape index (κ2) is 7.06. The maximum absolute atomic E-state index is 4.98. The van der Waals surface area contributed by atoms with Gasteiger partial charge in [0.2, 0.25) is 0 Å². The molecule has 2 aromatic heterocycles. The molecule has 5 rings (SSSR count). The molecule has 0 saturated heterocycles. The normalized spacial score (nSPS) is 11.0. The third kappa shape index (κ3) is 3.02. The SMILES string of the molecule is Brc1ccc(-c2cc(-c3ccccc3)nc3c(-c4ccccc4)cnn23)cc1. The van der Waals surface area contributed by atoms with Crippen LogP contribution >= 0.6 is 15.9 Å². The van der Waals surface area contributed by atoms with E-state index < -0.39 is 0 Å². The summed E-state index contributed by atoms with van der Waals surface area (Å²) in [5, 5.41) is 4.67. The highest BCUT2D eigenvalue weighted by molar-refractivity contribution is 9.10. The van der Waals surface area contributed by atoms with Gasteiger partial charge in [0.05, 0.1) is 17.6 Å². The molecule has 0 saturated carbocycles. The zero-order valence-electron chi connectivity index (χ0n) is 15.0. The van der Waals surface area contributed by atoms with Gasteiger partial charge in [-0.15, -0.1) is 0 Å². The van der Waals surface area contributed by atoms with Crippen LogP contribution in [0.25, 0.3) is 39.3 Å². The van der Waals surface area contributed by atoms with E-state index in [1.54, 1.807) is 0 Å². The average Bonchev–Trinajstić information content (AvgIpc) is 3.19. The van der Waals surface area contributed by atoms with Gasteiger partial charge in [-0.05, 0) is 23.8 Å². The summed E-state index contributed by atoms with van der Waals surface area (Å²) in [6.45, 7) is 0. The number of hydrogen-bond donors (Lipinski definition) is 0. The van der Waals surface area contributed by atoms with Crippen LogP contribution < -0.4 is 0 Å². The monoisotopic (exact) mass is 425 g/mol. The minimum Gasteiger partial charge on any atom is -0.228 e. The van der Waals surface area contributed by atoms with E-state index in [0.717, 1.165) is 43.8 Å². The largest absolute Gasteiger partial charge is 0.228 e. The fraction of sp³-hybridized carbons (Fsp3) is 0. The molecule has 0 unspecified atom stereocenters. The summed E-state index contributed by atoms with van der Waals surface area (Å²) < 4.78 is 2.98. The number of rotatable bonds is 3. The third-order valence-electron chi connectivity index (χ3n) is 4.77. The van der Waals surface area contributed by atoms with Gasteiger partial charge < -0.3 is 0 Å². The Kier molecular flexibility index (Phi) is 4.26. The average molecular weight is 426 g/mol. The van der Waals surface area contributed by atoms with Crippen molar-refractivity contribution in [2.24, 2.45) is 0 Å². The summed E-state index contributed by atoms with van der Waals surface area (Å²) in [4.78, 5) is 4.98. The molecule has 0 aliphatic rings. The van der Waals surface area contributed by atoms with Gasteiger partial charge in [0, 0.05) is 21.2 Å². The Bertz CT molecular complexity index is 1240. The Balaban J connectivity index is 1.81. The van der Waals surface area contributed by atoms with E-state index in [9.17, 15) is 0 Å². The smallest absolute Gasteiger partial charge is 0.164 e. The first kappa shape index (κ1) is 16.9. The van der Waals surface area contributed by atoms with Gasteiger partial charge in [0.25, 0.3) is 0 Å². The lowest BCUT2D eigenvalue weighted by Gasteiger charge is -2.10. The van der Waals surface area contributed by atoms with Crippen LogP contribution in [0.15, 0.2) is 102 Å². The summed E-state index contributed by atoms with van der Waals surface area (Å²) in [6.07, 6.45) is 1.90. The summed E-state index contributed by atoms with van der Waals surface area (Å²) in [5.74, 6) is 0. The summed E-state index contributed by atoms with van der Waals surface area (Å²) in [5.41, 5.74) is 7.11. The van der Waals surface area contributed by atoms with E-state index in [4.69, 9.17) is 4.98 Å². The Hall–Kier alpha value is -3.24. The maximum Gasteiger partial charge on any atom is 0.164 e. The first-order valence-corrected chi connectivity index (χ1v) is 9.84. The van der Waals surface area contributed by atoms with Gasteiger partial charge in [-0.1, -0.05) is 88.7 Å². The van der Waals surface area contributed by atoms with Crippen molar-refractivity contribution in [2.75, 3.05) is 0 Å². The quantitative estimate of drug-likeness (QED) is 0.330. The van der Waals surface area contributed by atoms with Gasteiger partial charge in [0.1, 0.15) is 0 Å². The molecule has 0 radical (unpaired) electrons. The predicted octanol–water partition coefficient (Wildman–Crippen LogP) is 6.49. The van der Waals surface area contributed by atoms with E-state index in [1.165, 1.54) is 0 Å². The van der Waals surface area contributed by atoms with Gasteiger partial charge in [0.15, 0.2) is 5.65 Å². The number of halogens is 1. The number of aromatic nitrogens is 3. The van der Waals surface area contributed by atoms with Gasteiger partial charge in [-0.25, -0.2) is 9.50 Å². The minimum absolute atomic E-state index is 0.852. The molecule has 5 aromatic rings. The maximum atomic E-state index is 4.98. The van der Waals surface area contributed by atoms with E-state index in [0.29, 0.717) is 0 Å². The molecule has 0 fully saturated rings. The highest BCUT2D eigenvalue weighted by Gasteiger charge is 2.15. The van der Waals surface area contributed by atoms with E-state index in [-0.39, 0.29) is 0 Å². The minimum atomic E-state index is 0.852. The number of benzene rings is 3. The Morgan fingerprint density at radius 2 is 1.32 bits per heavy atom. The molecule has 2 heterocycles. The summed E-state index contributed by atoms with van der Waals surface area (Å²) >= 11 is 3.52. The molecule has 0 N–H and O–H groups in total. The van der Waals surface area contributed by atoms with Crippen LogP contribution in [0.4, 0.5) is 0 Å². The van der Waals surface area contributed by atoms with Crippen molar-refractivity contribution in [3.8, 4) is 33.6 Å². The van der Waals surface area contributed by atoms with E-state index >= 15 is 0 Å². The van der Waals surface area contributed by atoms with Crippen molar-refractivity contribution in [2.45, 2.75) is 0 Å². The topological polar surface area (TPSA) is 30.2 Å². The highest BCUT2D eigenvalue weighted by Crippen LogP contribution is 2.31. The fourth-order valence-electron chi connectivity index (χ4n) is 3.37. The molecule has 0 bridgehead atoms. The van der Waals surface area contributed by atoms with Crippen molar-refractivity contribution >= 4 is 21.6 Å². The second-order valence-corrected chi connectivity index (χ2v) is 7.47. The summed E-state index contributed by atoms with van der Waals surface area (Å²) in [7, 11) is 0. The first-order valence-electron chi connectivity index (χ1n) is 9.05. The molecule has 0 aliphatic carbocycles. The molecule has 3 nitrogen and oxygen atoms in total. The Morgan fingerprint density at radius 1 is 0.679 bits per heavy atom. The van der Waals surface area contributed by atoms with Crippen LogP contribution in [0.1, 0.15) is 0 Å². The van der Waals surface area contributed by atoms with Crippen molar-refractivity contribution in [1.29, 1.82) is 0 Å². The van der Waals surface area contributed by atoms with E-state index in [1.807, 2.05) is 59.2 Å². The van der Waals surface area contributed by atoms with Crippen molar-refractivity contribution < 1.29 is 0 Å². The molecule has 3 aromatic carbocycles. The zero-order valence-corrected chi connectivity index (χ0v) is 16.5. The van der Waals surface area contributed by atoms with Crippen LogP contribution in [0.2, 0.25) is 0 Å². The predicted molar refractivity (Wildman–Crippen MR) is 117 cm³/mol. The molecule has 0 atom stereocenters. The lowest BCUT2D eigenvalue weighted by molar-refractivity contribution is 0.949. The number of nitrogens with zero attached hydrogens (tertiary/aromatic N) is 3. The molecular weight excluding hydrogens is 410 g/mol. The molecule has 4 heteroatoms. The van der Waals surface area contributed by atoms with Crippen molar-refractivity contribution in [3.05, 3.63) is 102 Å². The lowest BCUT2D eigenvalue weighted by Crippen LogP contribution is -1.98. The highest BCUT2D eigenvalue weighted by atomic mass is 79.9. The molecule has 28 heavy (non-hydrogen) atoms. The van der Waals surface area contributed by atoms with Gasteiger partial charge in [-0.2, -0.15) is 5.10 Å². The van der Waals surface area contributed by atoms with Crippen LogP contribution in [-0.2, 0) is 0 Å². The van der Waals surface area contributed by atoms with E-state index in [2.05, 4.69) is 63.5 Å². The van der Waals surface area contributed by atoms with Crippen LogP contribution in [-0.4, -0.2) is 14.6 Å². The zero-order chi connectivity index (χ0) is 18.9. The van der Waals surface area contributed by atoms with Crippen molar-refractivity contribution in [1.82, 2.24) is 14.6 Å². The van der Waals surface area contributed by atoms with Crippen LogP contribution in [0.5, 0.6) is 0 Å². The molecule has 0 spiro atoms. The second-order valence-electron chi connectivity index (χ2n) is 6.56. The van der Waals surface area contributed by atoms with Crippen LogP contribution in [0, 0.1) is 0 Å². The Morgan fingerprint density at radius 3 is 2.00 bits per heavy atom. The fourth-order valence-corrected chi connectivity index (χ4v) is 3.63. The Labute approximate surface area is 171 Å². The number of fused-ring (bicyclic) bond motifs is 1. The van der Waals surface area contributed by atoms with Crippen LogP contribution in [0.3, 0.4) is 0 Å². The molecular formula is C24H16BrN3. The first-order chi connectivity index (χ1) is 13.8. The van der Waals surface area contributed by atoms with Gasteiger partial charge >= 0.3 is 0 Å². The van der Waals surface area contributed by atoms with Crippen molar-refractivity contribution in [3.63, 3.8) is 0 Å². The standard InChI is InChI=1S/C24H16BrN3/c25-20-13-11-19(12-14-20)23-15-22(18-9-5-2-6-10-18)27-24-21(16-26-28(23)24)17-7-3-1-4-8-17/h1-16H.